The van der Waals surface area contributed by atoms with E-state index in [0.717, 1.165) is 10.6 Å². The van der Waals surface area contributed by atoms with Crippen LogP contribution in [0.25, 0.3) is 0 Å². The van der Waals surface area contributed by atoms with E-state index in [4.69, 9.17) is 40.5 Å². The van der Waals surface area contributed by atoms with Gasteiger partial charge >= 0.3 is 199 Å². The number of hydrogen-bond donors (Lipinski definition) is 1. The minimum atomic E-state index is -2.22. The van der Waals surface area contributed by atoms with E-state index in [2.05, 4.69) is 15.1 Å². The third-order valence-corrected chi connectivity index (χ3v) is 12.2. The third kappa shape index (κ3) is 5.53. The summed E-state index contributed by atoms with van der Waals surface area (Å²) in [5, 5.41) is 12.6. The zero-order valence-electron chi connectivity index (χ0n) is 15.8. The molecule has 0 atom stereocenters. The summed E-state index contributed by atoms with van der Waals surface area (Å²) < 4.78 is 0. The molecule has 2 aromatic carbocycles. The molecule has 0 aliphatic carbocycles. The molecule has 158 valence electrons. The van der Waals surface area contributed by atoms with E-state index in [1.165, 1.54) is 0 Å². The summed E-state index contributed by atoms with van der Waals surface area (Å²) in [5.41, 5.74) is -2.22. The predicted molar refractivity (Wildman–Crippen MR) is 128 cm³/mol. The van der Waals surface area contributed by atoms with Gasteiger partial charge in [-0.15, -0.1) is 0 Å². The van der Waals surface area contributed by atoms with Gasteiger partial charge in [0.15, 0.2) is 0 Å². The standard InChI is InChI=1S/C20H19Cl2N2O3PSSe/c21-14-3-1-5-17(9-14)28(30,18-6-2-4-15(22)10-18)13-16(25)11-23-7-8-24(20(23)29)12-19(26)27/h1-6,9-10H,7-8,11-13H2,(H,26,27). The molecule has 30 heavy (non-hydrogen) atoms. The molecule has 0 bridgehead atoms. The van der Waals surface area contributed by atoms with Gasteiger partial charge in [-0.2, -0.15) is 0 Å². The molecule has 1 aliphatic heterocycles. The fourth-order valence-corrected chi connectivity index (χ4v) is 9.12. The number of thiocarbonyl (C=S) groups is 1. The van der Waals surface area contributed by atoms with Gasteiger partial charge in [-0.25, -0.2) is 0 Å². The number of hydrogen-bond acceptors (Lipinski definition) is 3. The molecule has 0 amide bonds. The normalized spacial score (nSPS) is 14.3. The first-order chi connectivity index (χ1) is 14.2. The Morgan fingerprint density at radius 3 is 1.97 bits per heavy atom. The van der Waals surface area contributed by atoms with Crippen LogP contribution < -0.4 is 10.6 Å². The number of nitrogens with zero attached hydrogens (tertiary/aromatic N) is 2. The van der Waals surface area contributed by atoms with E-state index in [0.29, 0.717) is 28.2 Å². The Morgan fingerprint density at radius 1 is 1.00 bits per heavy atom. The van der Waals surface area contributed by atoms with Gasteiger partial charge in [0.05, 0.1) is 0 Å². The number of benzene rings is 2. The molecule has 1 saturated heterocycles. The summed E-state index contributed by atoms with van der Waals surface area (Å²) in [6.45, 7) is 1.01. The van der Waals surface area contributed by atoms with E-state index in [1.54, 1.807) is 21.9 Å². The van der Waals surface area contributed by atoms with Crippen molar-refractivity contribution >= 4 is 83.5 Å². The minimum absolute atomic E-state index is 0.0153. The summed E-state index contributed by atoms with van der Waals surface area (Å²) in [6.07, 6.45) is 0.283. The Bertz CT molecular complexity index is 1000. The van der Waals surface area contributed by atoms with E-state index in [9.17, 15) is 9.59 Å². The van der Waals surface area contributed by atoms with Crippen molar-refractivity contribution in [3.8, 4) is 0 Å². The fraction of sp³-hybridized carbons (Fsp3) is 0.250. The van der Waals surface area contributed by atoms with Gasteiger partial charge in [-0.05, 0) is 0 Å². The van der Waals surface area contributed by atoms with Gasteiger partial charge in [0.25, 0.3) is 0 Å². The molecule has 2 aromatic rings. The van der Waals surface area contributed by atoms with Crippen LogP contribution in [0.15, 0.2) is 48.5 Å². The van der Waals surface area contributed by atoms with Crippen LogP contribution in [-0.2, 0) is 9.59 Å². The molecule has 0 saturated carbocycles. The molecule has 0 unspecified atom stereocenters. The predicted octanol–water partition coefficient (Wildman–Crippen LogP) is 2.60. The van der Waals surface area contributed by atoms with Crippen LogP contribution in [0.4, 0.5) is 0 Å². The first kappa shape index (κ1) is 23.5. The molecule has 1 aliphatic rings. The topological polar surface area (TPSA) is 60.9 Å². The second-order valence-electron chi connectivity index (χ2n) is 6.92. The van der Waals surface area contributed by atoms with E-state index in [-0.39, 0.29) is 25.0 Å². The van der Waals surface area contributed by atoms with Crippen molar-refractivity contribution in [1.82, 2.24) is 9.80 Å². The van der Waals surface area contributed by atoms with Crippen LogP contribution in [0, 0.1) is 0 Å². The number of aliphatic carboxylic acids is 1. The number of rotatable bonds is 8. The summed E-state index contributed by atoms with van der Waals surface area (Å²) in [6, 6.07) is 15.1. The molecule has 1 fully saturated rings. The number of carbonyl (C=O) groups is 2. The summed E-state index contributed by atoms with van der Waals surface area (Å²) in [4.78, 5) is 27.5. The van der Waals surface area contributed by atoms with E-state index >= 15 is 0 Å². The molecule has 0 spiro atoms. The summed E-state index contributed by atoms with van der Waals surface area (Å²) in [5.74, 6) is -0.929. The molecule has 5 nitrogen and oxygen atoms in total. The van der Waals surface area contributed by atoms with Crippen LogP contribution >= 0.6 is 40.9 Å². The van der Waals surface area contributed by atoms with Crippen molar-refractivity contribution in [2.45, 2.75) is 0 Å². The average Bonchev–Trinajstić information content (AvgIpc) is 3.00. The molecule has 10 heteroatoms. The van der Waals surface area contributed by atoms with Crippen LogP contribution in [-0.4, -0.2) is 79.2 Å². The van der Waals surface area contributed by atoms with Gasteiger partial charge in [0.2, 0.25) is 0 Å². The van der Waals surface area contributed by atoms with Crippen molar-refractivity contribution in [2.75, 3.05) is 32.3 Å². The number of ketones is 1. The van der Waals surface area contributed by atoms with Crippen LogP contribution in [0.5, 0.6) is 0 Å². The van der Waals surface area contributed by atoms with Crippen molar-refractivity contribution < 1.29 is 14.7 Å². The van der Waals surface area contributed by atoms with Crippen molar-refractivity contribution in [2.24, 2.45) is 0 Å². The quantitative estimate of drug-likeness (QED) is 0.311. The molecule has 0 aromatic heterocycles. The SMILES string of the molecule is O=C(O)CN1CCN(CC(=O)CP(=[Se])(c2cccc(Cl)c2)c2cccc(Cl)c2)C1=S. The van der Waals surface area contributed by atoms with Gasteiger partial charge in [-0.1, -0.05) is 0 Å². The Labute approximate surface area is 198 Å². The number of Topliss-reactive ketones (excluding diaryl/α,β-unsaturated/α-hetero) is 1. The van der Waals surface area contributed by atoms with Gasteiger partial charge in [-0.3, -0.25) is 0 Å². The molecule has 0 radical (unpaired) electrons. The molecular weight excluding hydrogens is 529 g/mol. The summed E-state index contributed by atoms with van der Waals surface area (Å²) in [7, 11) is 0. The zero-order valence-corrected chi connectivity index (χ0v) is 20.8. The van der Waals surface area contributed by atoms with Gasteiger partial charge in [0.1, 0.15) is 0 Å². The van der Waals surface area contributed by atoms with Crippen LogP contribution in [0.2, 0.25) is 10.0 Å². The number of halogens is 2. The van der Waals surface area contributed by atoms with E-state index in [1.807, 2.05) is 36.4 Å². The zero-order chi connectivity index (χ0) is 21.9. The molecular formula is C20H19Cl2N2O3PSSe. The molecule has 3 rings (SSSR count). The first-order valence-corrected chi connectivity index (χ1v) is 14.4. The number of carbonyl (C=O) groups excluding carboxylic acids is 1. The van der Waals surface area contributed by atoms with Crippen molar-refractivity contribution in [1.29, 1.82) is 0 Å². The monoisotopic (exact) mass is 548 g/mol. The third-order valence-electron chi connectivity index (χ3n) is 4.72. The first-order valence-electron chi connectivity index (χ1n) is 9.08. The molecule has 1 heterocycles. The molecule has 1 N–H and O–H groups in total. The number of carboxylic acids is 1. The van der Waals surface area contributed by atoms with Gasteiger partial charge < -0.3 is 0 Å². The van der Waals surface area contributed by atoms with Crippen LogP contribution in [0.3, 0.4) is 0 Å². The average molecular weight is 548 g/mol. The Morgan fingerprint density at radius 2 is 1.50 bits per heavy atom. The summed E-state index contributed by atoms with van der Waals surface area (Å²) >= 11 is 21.1. The van der Waals surface area contributed by atoms with E-state index < -0.39 is 11.5 Å². The second-order valence-corrected chi connectivity index (χ2v) is 14.9. The second kappa shape index (κ2) is 9.95. The Balaban J connectivity index is 1.84. The van der Waals surface area contributed by atoms with Crippen molar-refractivity contribution in [3.63, 3.8) is 0 Å². The number of carboxylic acid groups (broad SMARTS) is 1. The fourth-order valence-electron chi connectivity index (χ4n) is 3.33. The maximum atomic E-state index is 13.1. The van der Waals surface area contributed by atoms with Gasteiger partial charge in [0, 0.05) is 0 Å². The maximum absolute atomic E-state index is 13.1. The van der Waals surface area contributed by atoms with Crippen LogP contribution in [0.1, 0.15) is 0 Å². The Kier molecular flexibility index (Phi) is 7.78. The Hall–Kier alpha value is -1.20. The van der Waals surface area contributed by atoms with Crippen molar-refractivity contribution in [3.05, 3.63) is 58.6 Å².